The molecule has 0 fully saturated rings. The van der Waals surface area contributed by atoms with Gasteiger partial charge in [0.25, 0.3) is 7.98 Å². The van der Waals surface area contributed by atoms with Crippen molar-refractivity contribution >= 4 is 176 Å². The van der Waals surface area contributed by atoms with Crippen LogP contribution in [0.15, 0.2) is 445 Å². The number of rotatable bonds is 13. The second kappa shape index (κ2) is 39.2. The number of benzene rings is 15. The van der Waals surface area contributed by atoms with Gasteiger partial charge in [0.2, 0.25) is 0 Å². The maximum Gasteiger partial charge on any atom is 1.20 e. The zero-order chi connectivity index (χ0) is 84.4. The fraction of sp³-hybridized carbons (Fsp3) is 0.00962. The van der Waals surface area contributed by atoms with E-state index in [1.807, 2.05) is 195 Å². The van der Waals surface area contributed by atoms with Crippen molar-refractivity contribution in [2.75, 3.05) is 16.5 Å². The summed E-state index contributed by atoms with van der Waals surface area (Å²) in [6, 6.07) is 130. The Morgan fingerprint density at radius 2 is 0.480 bits per heavy atom. The van der Waals surface area contributed by atoms with Gasteiger partial charge in [-0.25, -0.2) is 39.9 Å². The third kappa shape index (κ3) is 17.8. The predicted octanol–water partition coefficient (Wildman–Crippen LogP) is 24.2. The number of para-hydroxylation sites is 5. The Balaban J connectivity index is 0.000000131. The van der Waals surface area contributed by atoms with Crippen molar-refractivity contribution in [3.63, 3.8) is 0 Å². The molecule has 4 radical (unpaired) electrons. The van der Waals surface area contributed by atoms with Crippen LogP contribution >= 0.6 is 18.3 Å². The molecular formula is C104H72AlBCu2N14O3P2. The van der Waals surface area contributed by atoms with Gasteiger partial charge in [-0.05, 0) is 128 Å². The zero-order valence-electron chi connectivity index (χ0n) is 67.9. The molecule has 0 saturated carbocycles. The molecule has 0 N–H and O–H groups in total. The minimum Gasteiger partial charge on any atom is -0.576 e. The van der Waals surface area contributed by atoms with Crippen LogP contribution in [0, 0.1) is 0 Å². The number of nitrogens with zero attached hydrogens (tertiary/aromatic N) is 14. The van der Waals surface area contributed by atoms with Gasteiger partial charge in [-0.1, -0.05) is 292 Å². The van der Waals surface area contributed by atoms with Crippen molar-refractivity contribution in [3.8, 4) is 28.4 Å². The van der Waals surface area contributed by atoms with Crippen LogP contribution in [0.1, 0.15) is 44.5 Å². The molecule has 8 bridgehead atoms. The zero-order valence-corrected chi connectivity index (χ0v) is 73.1. The molecule has 614 valence electrons. The standard InChI is InChI=1S/C44H32N2.C32H16N8.3C9H7NO.CH5P.Al.BHNP.2Cu/c1-3-17-37(18-4-1)45(43-23-11-15-35-13-7-9-21-41(35)43)39-29-25-33(26-30-39)34-27-31-40(32-28-34)46(38-19-5-2-6-20-38)44-24-12-16-36-14-8-10-22-42(36)44;1-2-10-18-17(9-1)25-33-26(18)38-28-21-13-5-6-14-22(21)30(35-28)40-32-24-16-8-7-15-23(24)31(36-32)39-29-20-12-4-3-11-19(20)27(34-29)37-25;3*11-8-5-1-3-7-4-2-6-10-9(7)8;1-2;;1-2-3;;/h1-32H;1-16H;3*1-6,11H;2H2,1H3;;3H;;/q;;;;;;+3;;;/p-3. The summed E-state index contributed by atoms with van der Waals surface area (Å²) in [5.41, 5.74) is 18.6. The number of hydrogen-bond donors (Lipinski definition) is 0. The third-order valence-corrected chi connectivity index (χ3v) is 22.8. The molecule has 17 nitrogen and oxygen atoms in total. The summed E-state index contributed by atoms with van der Waals surface area (Å²) in [5.74, 6) is 6.24. The first-order valence-electron chi connectivity index (χ1n) is 40.5. The summed E-state index contributed by atoms with van der Waals surface area (Å²) < 4.78 is 22.0. The van der Waals surface area contributed by atoms with E-state index in [4.69, 9.17) is 51.3 Å². The van der Waals surface area contributed by atoms with Crippen LogP contribution in [-0.4, -0.2) is 91.4 Å². The number of aliphatic imine (C=N–C) groups is 8. The van der Waals surface area contributed by atoms with Crippen molar-refractivity contribution in [2.24, 2.45) is 44.6 Å². The number of hydrogen-bond acceptors (Lipinski definition) is 17. The molecule has 23 heteroatoms. The van der Waals surface area contributed by atoms with Gasteiger partial charge in [0.1, 0.15) is 33.8 Å². The van der Waals surface area contributed by atoms with Crippen LogP contribution in [0.5, 0.6) is 17.2 Å². The fourth-order valence-corrected chi connectivity index (χ4v) is 17.1. The largest absolute Gasteiger partial charge is 1.20 e. The van der Waals surface area contributed by atoms with Crippen LogP contribution < -0.4 is 21.2 Å². The number of anilines is 6. The molecule has 8 heterocycles. The van der Waals surface area contributed by atoms with E-state index in [2.05, 4.69) is 250 Å². The predicted molar refractivity (Wildman–Crippen MR) is 519 cm³/mol. The Morgan fingerprint density at radius 3 is 0.764 bits per heavy atom. The van der Waals surface area contributed by atoms with Gasteiger partial charge >= 0.3 is 15.1 Å². The first kappa shape index (κ1) is 84.8. The Bertz CT molecular complexity index is 6750. The molecule has 0 spiro atoms. The number of pyridine rings is 3. The van der Waals surface area contributed by atoms with Crippen LogP contribution in [0.25, 0.3) is 65.4 Å². The second-order valence-corrected chi connectivity index (χ2v) is 30.4. The van der Waals surface area contributed by atoms with Gasteiger partial charge in [0, 0.05) is 147 Å². The molecule has 15 aromatic carbocycles. The fourth-order valence-electron chi connectivity index (χ4n) is 15.8. The Morgan fingerprint density at radius 1 is 0.260 bits per heavy atom. The van der Waals surface area contributed by atoms with Gasteiger partial charge in [-0.15, -0.1) is 9.24 Å². The Hall–Kier alpha value is -14.4. The van der Waals surface area contributed by atoms with E-state index in [1.165, 1.54) is 32.7 Å². The average molecular weight is 1790 g/mol. The van der Waals surface area contributed by atoms with Gasteiger partial charge in [0.15, 0.2) is 46.7 Å². The molecule has 3 aromatic heterocycles. The molecule has 18 aromatic rings. The minimum absolute atomic E-state index is 0. The summed E-state index contributed by atoms with van der Waals surface area (Å²) in [6.07, 6.45) is 5.24. The van der Waals surface area contributed by atoms with Crippen LogP contribution in [-0.2, 0) is 34.1 Å². The molecule has 5 aliphatic rings. The minimum atomic E-state index is -2.86. The molecule has 5 aliphatic heterocycles. The molecule has 0 saturated heterocycles. The number of amidine groups is 8. The summed E-state index contributed by atoms with van der Waals surface area (Å²) in [4.78, 5) is 57.5. The second-order valence-electron chi connectivity index (χ2n) is 28.9. The molecule has 1 atom stereocenters. The third-order valence-electron chi connectivity index (χ3n) is 21.4. The SMILES string of the molecule is CP.[B]N=P.[Cu].[Cu].c1ccc(N(c2ccc(-c3ccc(N(c4ccccc4)c4cccc5ccccc45)cc3)cc2)c2cccc3ccccc23)cc1.c1ccc2c(c1)C1=NC2=NC2=NC(=NC3=NC(=NC4=NC(=N1)c1ccccc14)c1ccccc13)c1ccccc12.c1cnc2c([O][Al]([O]c3cccc4cccnc34)[O]c3cccc4cccnc34)cccc2c1. The van der Waals surface area contributed by atoms with Gasteiger partial charge < -0.3 is 25.8 Å². The molecular weight excluding hydrogens is 1720 g/mol. The average Bonchev–Trinajstić information content (AvgIpc) is 1.59. The Kier molecular flexibility index (Phi) is 26.2. The number of aromatic nitrogens is 3. The topological polar surface area (TPSA) is 184 Å². The van der Waals surface area contributed by atoms with E-state index < -0.39 is 15.1 Å². The monoisotopic (exact) mass is 1790 g/mol. The number of fused-ring (bicyclic) bond motifs is 21. The van der Waals surface area contributed by atoms with Crippen molar-refractivity contribution in [1.29, 1.82) is 0 Å². The van der Waals surface area contributed by atoms with Crippen LogP contribution in [0.4, 0.5) is 34.1 Å². The summed E-state index contributed by atoms with van der Waals surface area (Å²) in [5, 5.41) is 7.84. The molecule has 23 rings (SSSR count). The quantitative estimate of drug-likeness (QED) is 0.0806. The maximum absolute atomic E-state index is 6.41. The van der Waals surface area contributed by atoms with E-state index in [1.54, 1.807) is 18.6 Å². The van der Waals surface area contributed by atoms with E-state index >= 15 is 0 Å². The van der Waals surface area contributed by atoms with E-state index in [9.17, 15) is 0 Å². The van der Waals surface area contributed by atoms with E-state index in [0.717, 1.165) is 111 Å². The summed E-state index contributed by atoms with van der Waals surface area (Å²) >= 11 is -2.86. The molecule has 0 amide bonds. The van der Waals surface area contributed by atoms with E-state index in [-0.39, 0.29) is 34.1 Å². The Labute approximate surface area is 765 Å². The summed E-state index contributed by atoms with van der Waals surface area (Å²) in [6.45, 7) is 1.92. The molecule has 127 heavy (non-hydrogen) atoms. The molecule has 1 unspecified atom stereocenters. The van der Waals surface area contributed by atoms with Crippen LogP contribution in [0.3, 0.4) is 0 Å². The molecule has 0 aliphatic carbocycles. The van der Waals surface area contributed by atoms with Crippen molar-refractivity contribution in [2.45, 2.75) is 0 Å². The smallest absolute Gasteiger partial charge is 0.576 e. The normalized spacial score (nSPS) is 12.5. The summed E-state index contributed by atoms with van der Waals surface area (Å²) in [7, 11) is 9.39. The first-order chi connectivity index (χ1) is 61.9. The van der Waals surface area contributed by atoms with Crippen molar-refractivity contribution < 1.29 is 45.5 Å². The van der Waals surface area contributed by atoms with Gasteiger partial charge in [-0.3, -0.25) is 15.0 Å². The van der Waals surface area contributed by atoms with E-state index in [0.29, 0.717) is 63.9 Å². The van der Waals surface area contributed by atoms with Crippen LogP contribution in [0.2, 0.25) is 0 Å². The maximum atomic E-state index is 6.41. The van der Waals surface area contributed by atoms with Crippen molar-refractivity contribution in [3.05, 3.63) is 445 Å². The first-order valence-corrected chi connectivity index (χ1v) is 43.5. The van der Waals surface area contributed by atoms with Gasteiger partial charge in [0.05, 0.1) is 11.4 Å². The van der Waals surface area contributed by atoms with Crippen molar-refractivity contribution in [1.82, 2.24) is 15.0 Å². The van der Waals surface area contributed by atoms with Gasteiger partial charge in [-0.2, -0.15) is 0 Å².